The van der Waals surface area contributed by atoms with E-state index in [9.17, 15) is 4.79 Å². The van der Waals surface area contributed by atoms with Gasteiger partial charge in [-0.3, -0.25) is 0 Å². The zero-order chi connectivity index (χ0) is 19.0. The standard InChI is InChI=1S/C24H46N2O/c27-24(26-23-20-16-12-8-4-5-9-13-17-21-23)25-22-18-14-10-6-2-1-3-7-11-15-19-22/h22-23H,1-21H2,(H2,25,26,27). The number of rotatable bonds is 2. The molecule has 0 aromatic heterocycles. The number of nitrogens with one attached hydrogen (secondary N) is 2. The van der Waals surface area contributed by atoms with Crippen LogP contribution in [0.15, 0.2) is 0 Å². The van der Waals surface area contributed by atoms with Gasteiger partial charge < -0.3 is 10.6 Å². The van der Waals surface area contributed by atoms with Gasteiger partial charge in [-0.1, -0.05) is 109 Å². The van der Waals surface area contributed by atoms with Crippen molar-refractivity contribution in [3.63, 3.8) is 0 Å². The van der Waals surface area contributed by atoms with Crippen molar-refractivity contribution < 1.29 is 4.79 Å². The van der Waals surface area contributed by atoms with Crippen molar-refractivity contribution in [2.24, 2.45) is 0 Å². The van der Waals surface area contributed by atoms with Crippen LogP contribution >= 0.6 is 0 Å². The summed E-state index contributed by atoms with van der Waals surface area (Å²) in [5, 5.41) is 6.68. The Morgan fingerprint density at radius 2 is 0.630 bits per heavy atom. The van der Waals surface area contributed by atoms with E-state index in [-0.39, 0.29) is 6.03 Å². The molecule has 0 heterocycles. The molecule has 2 saturated carbocycles. The normalized spacial score (nSPS) is 24.0. The van der Waals surface area contributed by atoms with Gasteiger partial charge in [-0.25, -0.2) is 4.79 Å². The Morgan fingerprint density at radius 3 is 0.889 bits per heavy atom. The number of urea groups is 1. The van der Waals surface area contributed by atoms with E-state index in [1.54, 1.807) is 0 Å². The molecule has 0 bridgehead atoms. The summed E-state index contributed by atoms with van der Waals surface area (Å²) in [6.07, 6.45) is 27.6. The van der Waals surface area contributed by atoms with E-state index in [0.717, 1.165) is 25.7 Å². The van der Waals surface area contributed by atoms with Crippen LogP contribution in [-0.2, 0) is 0 Å². The van der Waals surface area contributed by atoms with Crippen LogP contribution in [0.2, 0.25) is 0 Å². The molecule has 3 nitrogen and oxygen atoms in total. The first-order valence-electron chi connectivity index (χ1n) is 12.4. The van der Waals surface area contributed by atoms with E-state index in [2.05, 4.69) is 10.6 Å². The lowest BCUT2D eigenvalue weighted by Crippen LogP contribution is -2.46. The molecule has 0 spiro atoms. The number of amides is 2. The van der Waals surface area contributed by atoms with Gasteiger partial charge in [-0.05, 0) is 25.7 Å². The fourth-order valence-electron chi connectivity index (χ4n) is 4.85. The van der Waals surface area contributed by atoms with E-state index in [1.165, 1.54) is 109 Å². The van der Waals surface area contributed by atoms with E-state index < -0.39 is 0 Å². The molecule has 158 valence electrons. The number of carbonyl (C=O) groups excluding carboxylic acids is 1. The molecule has 0 aliphatic heterocycles. The highest BCUT2D eigenvalue weighted by Gasteiger charge is 2.16. The maximum absolute atomic E-state index is 12.7. The van der Waals surface area contributed by atoms with E-state index >= 15 is 0 Å². The minimum atomic E-state index is 0.104. The van der Waals surface area contributed by atoms with Crippen LogP contribution in [0, 0.1) is 0 Å². The lowest BCUT2D eigenvalue weighted by atomic mass is 9.98. The van der Waals surface area contributed by atoms with Crippen LogP contribution in [0.3, 0.4) is 0 Å². The lowest BCUT2D eigenvalue weighted by Gasteiger charge is -2.23. The van der Waals surface area contributed by atoms with E-state index in [0.29, 0.717) is 12.1 Å². The maximum atomic E-state index is 12.7. The number of carbonyl (C=O) groups is 1. The fourth-order valence-corrected chi connectivity index (χ4v) is 4.85. The predicted molar refractivity (Wildman–Crippen MR) is 116 cm³/mol. The SMILES string of the molecule is O=C(NC1CCCCCCCCCCC1)NC1CCCCCCCCCC1. The van der Waals surface area contributed by atoms with E-state index in [4.69, 9.17) is 0 Å². The summed E-state index contributed by atoms with van der Waals surface area (Å²) >= 11 is 0. The summed E-state index contributed by atoms with van der Waals surface area (Å²) in [6.45, 7) is 0. The second kappa shape index (κ2) is 15.2. The highest BCUT2D eigenvalue weighted by Crippen LogP contribution is 2.18. The molecule has 2 amide bonds. The molecular weight excluding hydrogens is 332 g/mol. The van der Waals surface area contributed by atoms with Crippen molar-refractivity contribution in [3.8, 4) is 0 Å². The Bertz CT molecular complexity index is 347. The Morgan fingerprint density at radius 1 is 0.407 bits per heavy atom. The molecular formula is C24H46N2O. The molecule has 0 saturated heterocycles. The van der Waals surface area contributed by atoms with E-state index in [1.807, 2.05) is 0 Å². The van der Waals surface area contributed by atoms with Crippen molar-refractivity contribution in [2.45, 2.75) is 147 Å². The van der Waals surface area contributed by atoms with Gasteiger partial charge in [-0.2, -0.15) is 0 Å². The first kappa shape index (κ1) is 22.6. The molecule has 2 aliphatic carbocycles. The van der Waals surface area contributed by atoms with Crippen molar-refractivity contribution >= 4 is 6.03 Å². The highest BCUT2D eigenvalue weighted by molar-refractivity contribution is 5.74. The number of hydrogen-bond donors (Lipinski definition) is 2. The number of hydrogen-bond acceptors (Lipinski definition) is 1. The predicted octanol–water partition coefficient (Wildman–Crippen LogP) is 7.24. The maximum Gasteiger partial charge on any atom is 0.315 e. The summed E-state index contributed by atoms with van der Waals surface area (Å²) in [4.78, 5) is 12.7. The summed E-state index contributed by atoms with van der Waals surface area (Å²) < 4.78 is 0. The molecule has 2 aliphatic rings. The molecule has 3 heteroatoms. The average molecular weight is 379 g/mol. The van der Waals surface area contributed by atoms with Crippen molar-refractivity contribution in [1.29, 1.82) is 0 Å². The zero-order valence-corrected chi connectivity index (χ0v) is 17.9. The summed E-state index contributed by atoms with van der Waals surface area (Å²) in [5.74, 6) is 0. The highest BCUT2D eigenvalue weighted by atomic mass is 16.2. The minimum absolute atomic E-state index is 0.104. The van der Waals surface area contributed by atoms with Crippen molar-refractivity contribution in [3.05, 3.63) is 0 Å². The molecule has 0 aromatic rings. The second-order valence-corrected chi connectivity index (χ2v) is 9.18. The topological polar surface area (TPSA) is 41.1 Å². The Labute approximate surface area is 168 Å². The van der Waals surface area contributed by atoms with Crippen molar-refractivity contribution in [2.75, 3.05) is 0 Å². The van der Waals surface area contributed by atoms with Gasteiger partial charge in [0.1, 0.15) is 0 Å². The third-order valence-electron chi connectivity index (χ3n) is 6.63. The van der Waals surface area contributed by atoms with Gasteiger partial charge in [0.25, 0.3) is 0 Å². The summed E-state index contributed by atoms with van der Waals surface area (Å²) in [7, 11) is 0. The average Bonchev–Trinajstić information content (AvgIpc) is 2.70. The molecule has 27 heavy (non-hydrogen) atoms. The Hall–Kier alpha value is -0.730. The second-order valence-electron chi connectivity index (χ2n) is 9.18. The molecule has 2 fully saturated rings. The lowest BCUT2D eigenvalue weighted by molar-refractivity contribution is 0.228. The molecule has 0 radical (unpaired) electrons. The van der Waals surface area contributed by atoms with Gasteiger partial charge in [0.2, 0.25) is 0 Å². The quantitative estimate of drug-likeness (QED) is 0.522. The zero-order valence-electron chi connectivity index (χ0n) is 17.9. The van der Waals surface area contributed by atoms with Gasteiger partial charge in [0, 0.05) is 12.1 Å². The Kier molecular flexibility index (Phi) is 12.7. The van der Waals surface area contributed by atoms with Crippen LogP contribution in [0.1, 0.15) is 135 Å². The van der Waals surface area contributed by atoms with Crippen LogP contribution in [-0.4, -0.2) is 18.1 Å². The monoisotopic (exact) mass is 378 g/mol. The molecule has 0 aromatic carbocycles. The minimum Gasteiger partial charge on any atom is -0.335 e. The van der Waals surface area contributed by atoms with Crippen LogP contribution in [0.5, 0.6) is 0 Å². The molecule has 0 atom stereocenters. The summed E-state index contributed by atoms with van der Waals surface area (Å²) in [6, 6.07) is 0.869. The largest absolute Gasteiger partial charge is 0.335 e. The fraction of sp³-hybridized carbons (Fsp3) is 0.958. The van der Waals surface area contributed by atoms with Gasteiger partial charge >= 0.3 is 6.03 Å². The molecule has 2 rings (SSSR count). The summed E-state index contributed by atoms with van der Waals surface area (Å²) in [5.41, 5.74) is 0. The smallest absolute Gasteiger partial charge is 0.315 e. The van der Waals surface area contributed by atoms with Crippen molar-refractivity contribution in [1.82, 2.24) is 10.6 Å². The first-order chi connectivity index (χ1) is 13.3. The molecule has 0 unspecified atom stereocenters. The third kappa shape index (κ3) is 11.7. The Balaban J connectivity index is 1.73. The molecule has 2 N–H and O–H groups in total. The van der Waals surface area contributed by atoms with Crippen LogP contribution in [0.25, 0.3) is 0 Å². The third-order valence-corrected chi connectivity index (χ3v) is 6.63. The van der Waals surface area contributed by atoms with Gasteiger partial charge in [-0.15, -0.1) is 0 Å². The van der Waals surface area contributed by atoms with Gasteiger partial charge in [0.05, 0.1) is 0 Å². The van der Waals surface area contributed by atoms with Gasteiger partial charge in [0.15, 0.2) is 0 Å². The van der Waals surface area contributed by atoms with Crippen LogP contribution < -0.4 is 10.6 Å². The van der Waals surface area contributed by atoms with Crippen LogP contribution in [0.4, 0.5) is 4.79 Å². The first-order valence-corrected chi connectivity index (χ1v) is 12.4.